The Morgan fingerprint density at radius 2 is 1.73 bits per heavy atom. The minimum Gasteiger partial charge on any atom is -0.497 e. The third-order valence-electron chi connectivity index (χ3n) is 4.63. The number of ketones is 1. The van der Waals surface area contributed by atoms with Gasteiger partial charge in [-0.15, -0.1) is 0 Å². The first kappa shape index (κ1) is 18.1. The number of carbonyl (C=O) groups is 2. The Kier molecular flexibility index (Phi) is 5.66. The van der Waals surface area contributed by atoms with Gasteiger partial charge in [0.05, 0.1) is 13.2 Å². The van der Waals surface area contributed by atoms with E-state index in [1.165, 1.54) is 24.3 Å². The molecule has 1 atom stereocenters. The number of nitrogens with one attached hydrogen (secondary N) is 1. The van der Waals surface area contributed by atoms with Crippen LogP contribution in [0.4, 0.5) is 4.39 Å². The van der Waals surface area contributed by atoms with Gasteiger partial charge in [0, 0.05) is 18.4 Å². The maximum absolute atomic E-state index is 12.9. The van der Waals surface area contributed by atoms with Gasteiger partial charge in [-0.05, 0) is 60.7 Å². The van der Waals surface area contributed by atoms with Crippen LogP contribution in [0.15, 0.2) is 48.5 Å². The third kappa shape index (κ3) is 4.69. The van der Waals surface area contributed by atoms with Crippen molar-refractivity contribution < 1.29 is 18.7 Å². The molecule has 0 saturated heterocycles. The Morgan fingerprint density at radius 1 is 1.08 bits per heavy atom. The zero-order valence-corrected chi connectivity index (χ0v) is 14.7. The van der Waals surface area contributed by atoms with E-state index in [9.17, 15) is 14.0 Å². The molecule has 5 heteroatoms. The summed E-state index contributed by atoms with van der Waals surface area (Å²) in [6, 6.07) is 13.1. The first-order chi connectivity index (χ1) is 12.6. The zero-order chi connectivity index (χ0) is 18.5. The van der Waals surface area contributed by atoms with E-state index >= 15 is 0 Å². The van der Waals surface area contributed by atoms with Crippen LogP contribution in [-0.2, 0) is 4.79 Å². The number of hydrogen-bond acceptors (Lipinski definition) is 3. The van der Waals surface area contributed by atoms with Crippen LogP contribution in [-0.4, -0.2) is 18.8 Å². The molecule has 1 aliphatic rings. The summed E-state index contributed by atoms with van der Waals surface area (Å²) in [6.07, 6.45) is 2.41. The van der Waals surface area contributed by atoms with Gasteiger partial charge in [-0.2, -0.15) is 0 Å². The van der Waals surface area contributed by atoms with Gasteiger partial charge in [0.1, 0.15) is 11.6 Å². The van der Waals surface area contributed by atoms with Crippen LogP contribution >= 0.6 is 0 Å². The van der Waals surface area contributed by atoms with E-state index in [2.05, 4.69) is 5.32 Å². The maximum Gasteiger partial charge on any atom is 0.220 e. The van der Waals surface area contributed by atoms with E-state index in [0.29, 0.717) is 11.5 Å². The Morgan fingerprint density at radius 3 is 2.31 bits per heavy atom. The maximum atomic E-state index is 12.9. The number of benzene rings is 2. The predicted molar refractivity (Wildman–Crippen MR) is 96.6 cm³/mol. The van der Waals surface area contributed by atoms with Gasteiger partial charge in [0.2, 0.25) is 5.91 Å². The van der Waals surface area contributed by atoms with Gasteiger partial charge < -0.3 is 10.1 Å². The minimum atomic E-state index is -0.383. The molecule has 2 aromatic rings. The highest BCUT2D eigenvalue weighted by molar-refractivity contribution is 5.97. The van der Waals surface area contributed by atoms with E-state index in [1.807, 2.05) is 24.3 Å². The molecular weight excluding hydrogens is 333 g/mol. The van der Waals surface area contributed by atoms with Crippen molar-refractivity contribution in [2.45, 2.75) is 31.7 Å². The molecule has 0 aromatic heterocycles. The fourth-order valence-electron chi connectivity index (χ4n) is 2.97. The molecule has 0 spiro atoms. The number of carbonyl (C=O) groups excluding carboxylic acids is 2. The lowest BCUT2D eigenvalue weighted by Gasteiger charge is -2.19. The van der Waals surface area contributed by atoms with Crippen molar-refractivity contribution in [1.29, 1.82) is 0 Å². The van der Waals surface area contributed by atoms with E-state index < -0.39 is 0 Å². The lowest BCUT2D eigenvalue weighted by molar-refractivity contribution is -0.122. The normalized spacial score (nSPS) is 14.5. The molecule has 1 saturated carbocycles. The monoisotopic (exact) mass is 355 g/mol. The largest absolute Gasteiger partial charge is 0.497 e. The van der Waals surface area contributed by atoms with Crippen molar-refractivity contribution >= 4 is 11.7 Å². The highest BCUT2D eigenvalue weighted by Crippen LogP contribution is 2.41. The SMILES string of the molecule is COc1ccc([C@H](NC(=O)CCC(=O)c2ccc(F)cc2)C2CC2)cc1. The van der Waals surface area contributed by atoms with Crippen LogP contribution < -0.4 is 10.1 Å². The molecule has 1 aliphatic carbocycles. The molecule has 1 amide bonds. The highest BCUT2D eigenvalue weighted by atomic mass is 19.1. The summed E-state index contributed by atoms with van der Waals surface area (Å²) in [5.41, 5.74) is 1.47. The first-order valence-electron chi connectivity index (χ1n) is 8.79. The van der Waals surface area contributed by atoms with Gasteiger partial charge >= 0.3 is 0 Å². The van der Waals surface area contributed by atoms with Crippen LogP contribution in [0, 0.1) is 11.7 Å². The fourth-order valence-corrected chi connectivity index (χ4v) is 2.97. The summed E-state index contributed by atoms with van der Waals surface area (Å²) in [5.74, 6) is 0.534. The minimum absolute atomic E-state index is 0.0330. The number of Topliss-reactive ketones (excluding diaryl/α,β-unsaturated/α-hetero) is 1. The van der Waals surface area contributed by atoms with Crippen LogP contribution in [0.3, 0.4) is 0 Å². The van der Waals surface area contributed by atoms with E-state index in [0.717, 1.165) is 24.2 Å². The van der Waals surface area contributed by atoms with Crippen LogP contribution in [0.2, 0.25) is 0 Å². The lowest BCUT2D eigenvalue weighted by atomic mass is 10.0. The van der Waals surface area contributed by atoms with Gasteiger partial charge in [-0.1, -0.05) is 12.1 Å². The number of halogens is 1. The van der Waals surface area contributed by atoms with Crippen molar-refractivity contribution in [2.24, 2.45) is 5.92 Å². The van der Waals surface area contributed by atoms with Crippen molar-refractivity contribution in [2.75, 3.05) is 7.11 Å². The molecule has 0 unspecified atom stereocenters. The smallest absolute Gasteiger partial charge is 0.220 e. The van der Waals surface area contributed by atoms with Gasteiger partial charge in [0.25, 0.3) is 0 Å². The Labute approximate surface area is 152 Å². The van der Waals surface area contributed by atoms with Gasteiger partial charge in [0.15, 0.2) is 5.78 Å². The highest BCUT2D eigenvalue weighted by Gasteiger charge is 2.33. The average molecular weight is 355 g/mol. The molecular formula is C21H22FNO3. The molecule has 4 nitrogen and oxygen atoms in total. The number of hydrogen-bond donors (Lipinski definition) is 1. The first-order valence-corrected chi connectivity index (χ1v) is 8.79. The molecule has 136 valence electrons. The second-order valence-electron chi connectivity index (χ2n) is 6.59. The second kappa shape index (κ2) is 8.13. The summed E-state index contributed by atoms with van der Waals surface area (Å²) in [7, 11) is 1.62. The molecule has 0 radical (unpaired) electrons. The van der Waals surface area contributed by atoms with Crippen LogP contribution in [0.25, 0.3) is 0 Å². The van der Waals surface area contributed by atoms with Gasteiger partial charge in [-0.25, -0.2) is 4.39 Å². The predicted octanol–water partition coefficient (Wildman–Crippen LogP) is 4.06. The lowest BCUT2D eigenvalue weighted by Crippen LogP contribution is -2.30. The topological polar surface area (TPSA) is 55.4 Å². The summed E-state index contributed by atoms with van der Waals surface area (Å²) in [5, 5.41) is 3.06. The summed E-state index contributed by atoms with van der Waals surface area (Å²) >= 11 is 0. The second-order valence-corrected chi connectivity index (χ2v) is 6.59. The molecule has 26 heavy (non-hydrogen) atoms. The quantitative estimate of drug-likeness (QED) is 0.727. The Hall–Kier alpha value is -2.69. The van der Waals surface area contributed by atoms with E-state index in [-0.39, 0.29) is 36.4 Å². The van der Waals surface area contributed by atoms with Crippen molar-refractivity contribution in [3.63, 3.8) is 0 Å². The number of ether oxygens (including phenoxy) is 1. The van der Waals surface area contributed by atoms with Crippen LogP contribution in [0.1, 0.15) is 47.6 Å². The van der Waals surface area contributed by atoms with Crippen molar-refractivity contribution in [3.8, 4) is 5.75 Å². The summed E-state index contributed by atoms with van der Waals surface area (Å²) in [6.45, 7) is 0. The van der Waals surface area contributed by atoms with Crippen molar-refractivity contribution in [1.82, 2.24) is 5.32 Å². The molecule has 2 aromatic carbocycles. The average Bonchev–Trinajstić information content (AvgIpc) is 3.50. The molecule has 0 aliphatic heterocycles. The number of rotatable bonds is 8. The van der Waals surface area contributed by atoms with E-state index in [4.69, 9.17) is 4.74 Å². The molecule has 1 fully saturated rings. The zero-order valence-electron chi connectivity index (χ0n) is 14.7. The van der Waals surface area contributed by atoms with Crippen molar-refractivity contribution in [3.05, 3.63) is 65.5 Å². The molecule has 3 rings (SSSR count). The Bertz CT molecular complexity index is 767. The van der Waals surface area contributed by atoms with Gasteiger partial charge in [-0.3, -0.25) is 9.59 Å². The fraction of sp³-hybridized carbons (Fsp3) is 0.333. The molecule has 1 N–H and O–H groups in total. The number of methoxy groups -OCH3 is 1. The van der Waals surface area contributed by atoms with Crippen LogP contribution in [0.5, 0.6) is 5.75 Å². The number of amides is 1. The molecule has 0 heterocycles. The summed E-state index contributed by atoms with van der Waals surface area (Å²) in [4.78, 5) is 24.4. The third-order valence-corrected chi connectivity index (χ3v) is 4.63. The molecule has 0 bridgehead atoms. The Balaban J connectivity index is 1.56. The summed E-state index contributed by atoms with van der Waals surface area (Å²) < 4.78 is 18.1. The standard InChI is InChI=1S/C21H22FNO3/c1-26-18-10-6-16(7-11-18)21(15-2-3-15)23-20(25)13-12-19(24)14-4-8-17(22)9-5-14/h4-11,15,21H,2-3,12-13H2,1H3,(H,23,25)/t21-/m1/s1. The van der Waals surface area contributed by atoms with E-state index in [1.54, 1.807) is 7.11 Å².